The number of rotatable bonds is 3. The molecule has 6 nitrogen and oxygen atoms in total. The zero-order valence-electron chi connectivity index (χ0n) is 9.94. The first kappa shape index (κ1) is 12.7. The van der Waals surface area contributed by atoms with Crippen LogP contribution in [0.1, 0.15) is 34.7 Å². The third kappa shape index (κ3) is 2.73. The Morgan fingerprint density at radius 2 is 2.28 bits per heavy atom. The first-order chi connectivity index (χ1) is 8.58. The van der Waals surface area contributed by atoms with Gasteiger partial charge in [-0.3, -0.25) is 4.79 Å². The Labute approximate surface area is 112 Å². The molecule has 0 fully saturated rings. The number of aryl methyl sites for hydroxylation is 1. The van der Waals surface area contributed by atoms with Gasteiger partial charge < -0.3 is 5.32 Å². The van der Waals surface area contributed by atoms with Gasteiger partial charge in [-0.25, -0.2) is 0 Å². The summed E-state index contributed by atoms with van der Waals surface area (Å²) in [6.45, 7) is 3.76. The van der Waals surface area contributed by atoms with Gasteiger partial charge in [0.05, 0.1) is 6.04 Å². The van der Waals surface area contributed by atoms with E-state index in [0.29, 0.717) is 11.4 Å². The minimum Gasteiger partial charge on any atom is -0.342 e. The highest BCUT2D eigenvalue weighted by molar-refractivity contribution is 9.10. The summed E-state index contributed by atoms with van der Waals surface area (Å²) in [5.74, 6) is 0.280. The van der Waals surface area contributed by atoms with E-state index in [1.54, 1.807) is 19.1 Å². The quantitative estimate of drug-likeness (QED) is 0.905. The van der Waals surface area contributed by atoms with Gasteiger partial charge in [-0.15, -0.1) is 10.2 Å². The van der Waals surface area contributed by atoms with Gasteiger partial charge in [0.15, 0.2) is 5.82 Å². The number of H-pyrrole nitrogens is 1. The van der Waals surface area contributed by atoms with Crippen LogP contribution in [0.3, 0.4) is 0 Å². The summed E-state index contributed by atoms with van der Waals surface area (Å²) in [7, 11) is 0. The molecule has 2 N–H and O–H groups in total. The molecule has 18 heavy (non-hydrogen) atoms. The molecule has 1 aromatic heterocycles. The predicted molar refractivity (Wildman–Crippen MR) is 68.9 cm³/mol. The van der Waals surface area contributed by atoms with E-state index in [-0.39, 0.29) is 11.9 Å². The van der Waals surface area contributed by atoms with Crippen molar-refractivity contribution in [3.05, 3.63) is 39.6 Å². The molecule has 1 aromatic carbocycles. The Morgan fingerprint density at radius 1 is 1.50 bits per heavy atom. The standard InChI is InChI=1S/C11H12BrN5O/c1-6-3-4-8(5-9(6)12)11(18)13-7(2)10-14-16-17-15-10/h3-5,7H,1-2H3,(H,13,18)(H,14,15,16,17). The Morgan fingerprint density at radius 3 is 2.89 bits per heavy atom. The Hall–Kier alpha value is -1.76. The van der Waals surface area contributed by atoms with Crippen LogP contribution >= 0.6 is 15.9 Å². The molecule has 0 aliphatic heterocycles. The third-order valence-corrected chi connectivity index (χ3v) is 3.38. The van der Waals surface area contributed by atoms with Gasteiger partial charge in [0, 0.05) is 10.0 Å². The number of halogens is 1. The fourth-order valence-corrected chi connectivity index (χ4v) is 1.81. The van der Waals surface area contributed by atoms with Crippen molar-refractivity contribution in [1.82, 2.24) is 25.9 Å². The molecule has 0 saturated heterocycles. The highest BCUT2D eigenvalue weighted by Gasteiger charge is 2.15. The molecule has 0 radical (unpaired) electrons. The zero-order valence-corrected chi connectivity index (χ0v) is 11.5. The van der Waals surface area contributed by atoms with E-state index >= 15 is 0 Å². The number of nitrogens with zero attached hydrogens (tertiary/aromatic N) is 3. The summed E-state index contributed by atoms with van der Waals surface area (Å²) in [5.41, 5.74) is 1.67. The predicted octanol–water partition coefficient (Wildman–Crippen LogP) is 1.76. The SMILES string of the molecule is Cc1ccc(C(=O)NC(C)c2nn[nH]n2)cc1Br. The van der Waals surface area contributed by atoms with E-state index in [0.717, 1.165) is 10.0 Å². The fraction of sp³-hybridized carbons (Fsp3) is 0.273. The largest absolute Gasteiger partial charge is 0.342 e. The lowest BCUT2D eigenvalue weighted by Crippen LogP contribution is -2.27. The van der Waals surface area contributed by atoms with Crippen LogP contribution in [0.25, 0.3) is 0 Å². The monoisotopic (exact) mass is 309 g/mol. The molecule has 0 spiro atoms. The highest BCUT2D eigenvalue weighted by atomic mass is 79.9. The van der Waals surface area contributed by atoms with Crippen LogP contribution in [0.2, 0.25) is 0 Å². The Bertz CT molecular complexity index is 555. The van der Waals surface area contributed by atoms with E-state index in [2.05, 4.69) is 41.9 Å². The number of aromatic amines is 1. The van der Waals surface area contributed by atoms with Crippen molar-refractivity contribution in [2.75, 3.05) is 0 Å². The van der Waals surface area contributed by atoms with Gasteiger partial charge >= 0.3 is 0 Å². The lowest BCUT2D eigenvalue weighted by molar-refractivity contribution is 0.0938. The lowest BCUT2D eigenvalue weighted by Gasteiger charge is -2.10. The number of carbonyl (C=O) groups is 1. The topological polar surface area (TPSA) is 83.6 Å². The average molecular weight is 310 g/mol. The van der Waals surface area contributed by atoms with Crippen molar-refractivity contribution >= 4 is 21.8 Å². The molecule has 0 aliphatic rings. The summed E-state index contributed by atoms with van der Waals surface area (Å²) in [6, 6.07) is 5.15. The van der Waals surface area contributed by atoms with Crippen LogP contribution in [0.5, 0.6) is 0 Å². The second-order valence-electron chi connectivity index (χ2n) is 3.93. The van der Waals surface area contributed by atoms with Crippen molar-refractivity contribution in [3.8, 4) is 0 Å². The minimum atomic E-state index is -0.295. The summed E-state index contributed by atoms with van der Waals surface area (Å²) < 4.78 is 0.905. The average Bonchev–Trinajstić information content (AvgIpc) is 2.86. The maximum absolute atomic E-state index is 12.0. The zero-order chi connectivity index (χ0) is 13.1. The van der Waals surface area contributed by atoms with Crippen molar-refractivity contribution in [3.63, 3.8) is 0 Å². The number of carbonyl (C=O) groups excluding carboxylic acids is 1. The van der Waals surface area contributed by atoms with Gasteiger partial charge in [0.25, 0.3) is 5.91 Å². The molecule has 1 amide bonds. The van der Waals surface area contributed by atoms with Crippen molar-refractivity contribution < 1.29 is 4.79 Å². The number of nitrogens with one attached hydrogen (secondary N) is 2. The van der Waals surface area contributed by atoms with E-state index in [9.17, 15) is 4.79 Å². The normalized spacial score (nSPS) is 12.2. The summed E-state index contributed by atoms with van der Waals surface area (Å²) in [6.07, 6.45) is 0. The van der Waals surface area contributed by atoms with Crippen molar-refractivity contribution in [1.29, 1.82) is 0 Å². The first-order valence-electron chi connectivity index (χ1n) is 5.38. The second kappa shape index (κ2) is 5.26. The molecule has 0 bridgehead atoms. The van der Waals surface area contributed by atoms with Gasteiger partial charge in [0.2, 0.25) is 0 Å². The number of hydrogen-bond donors (Lipinski definition) is 2. The van der Waals surface area contributed by atoms with E-state index < -0.39 is 0 Å². The molecule has 1 atom stereocenters. The van der Waals surface area contributed by atoms with E-state index in [4.69, 9.17) is 0 Å². The smallest absolute Gasteiger partial charge is 0.251 e. The van der Waals surface area contributed by atoms with Crippen LogP contribution < -0.4 is 5.32 Å². The van der Waals surface area contributed by atoms with Gasteiger partial charge in [-0.05, 0) is 31.5 Å². The molecular weight excluding hydrogens is 298 g/mol. The molecule has 94 valence electrons. The summed E-state index contributed by atoms with van der Waals surface area (Å²) in [5, 5.41) is 16.3. The number of aromatic nitrogens is 4. The Kier molecular flexibility index (Phi) is 3.71. The fourth-order valence-electron chi connectivity index (χ4n) is 1.43. The summed E-state index contributed by atoms with van der Waals surface area (Å²) >= 11 is 3.40. The van der Waals surface area contributed by atoms with Crippen molar-refractivity contribution in [2.24, 2.45) is 0 Å². The molecule has 2 aromatic rings. The van der Waals surface area contributed by atoms with Crippen LogP contribution in [0.15, 0.2) is 22.7 Å². The molecule has 0 aliphatic carbocycles. The minimum absolute atomic E-state index is 0.173. The molecule has 7 heteroatoms. The molecule has 2 rings (SSSR count). The Balaban J connectivity index is 2.10. The number of benzene rings is 1. The highest BCUT2D eigenvalue weighted by Crippen LogP contribution is 2.18. The molecule has 1 heterocycles. The second-order valence-corrected chi connectivity index (χ2v) is 4.78. The van der Waals surface area contributed by atoms with E-state index in [1.807, 2.05) is 13.0 Å². The lowest BCUT2D eigenvalue weighted by atomic mass is 10.1. The number of amides is 1. The van der Waals surface area contributed by atoms with Crippen LogP contribution in [-0.4, -0.2) is 26.5 Å². The van der Waals surface area contributed by atoms with Gasteiger partial charge in [-0.1, -0.05) is 27.2 Å². The number of tetrazole rings is 1. The van der Waals surface area contributed by atoms with Gasteiger partial charge in [-0.2, -0.15) is 5.21 Å². The number of hydrogen-bond acceptors (Lipinski definition) is 4. The van der Waals surface area contributed by atoms with Gasteiger partial charge in [0.1, 0.15) is 0 Å². The first-order valence-corrected chi connectivity index (χ1v) is 6.17. The molecule has 1 unspecified atom stereocenters. The van der Waals surface area contributed by atoms with E-state index in [1.165, 1.54) is 0 Å². The third-order valence-electron chi connectivity index (χ3n) is 2.53. The maximum Gasteiger partial charge on any atom is 0.251 e. The summed E-state index contributed by atoms with van der Waals surface area (Å²) in [4.78, 5) is 12.0. The van der Waals surface area contributed by atoms with Crippen LogP contribution in [0.4, 0.5) is 0 Å². The molecular formula is C11H12BrN5O. The van der Waals surface area contributed by atoms with Crippen molar-refractivity contribution in [2.45, 2.75) is 19.9 Å². The van der Waals surface area contributed by atoms with Crippen LogP contribution in [-0.2, 0) is 0 Å². The van der Waals surface area contributed by atoms with Crippen LogP contribution in [0, 0.1) is 6.92 Å². The molecule has 0 saturated carbocycles. The maximum atomic E-state index is 12.0.